The predicted octanol–water partition coefficient (Wildman–Crippen LogP) is 4.51. The van der Waals surface area contributed by atoms with E-state index < -0.39 is 0 Å². The molecule has 0 aliphatic carbocycles. The summed E-state index contributed by atoms with van der Waals surface area (Å²) in [6.07, 6.45) is 1.70. The third-order valence-corrected chi connectivity index (χ3v) is 3.32. The van der Waals surface area contributed by atoms with Crippen molar-refractivity contribution < 1.29 is 4.39 Å². The van der Waals surface area contributed by atoms with Crippen LogP contribution in [0.4, 0.5) is 15.9 Å². The zero-order valence-electron chi connectivity index (χ0n) is 8.99. The van der Waals surface area contributed by atoms with E-state index in [0.717, 1.165) is 20.5 Å². The molecule has 1 aromatic carbocycles. The van der Waals surface area contributed by atoms with Gasteiger partial charge in [0.05, 0.1) is 4.47 Å². The second-order valence-corrected chi connectivity index (χ2v) is 5.27. The highest BCUT2D eigenvalue weighted by Gasteiger charge is 2.10. The molecular weight excluding hydrogens is 351 g/mol. The Morgan fingerprint density at radius 1 is 1.24 bits per heavy atom. The Bertz CT molecular complexity index is 546. The fourth-order valence-electron chi connectivity index (χ4n) is 1.46. The van der Waals surface area contributed by atoms with Gasteiger partial charge in [0.2, 0.25) is 0 Å². The van der Waals surface area contributed by atoms with Gasteiger partial charge in [-0.2, -0.15) is 0 Å². The molecule has 2 rings (SSSR count). The molecule has 0 amide bonds. The Morgan fingerprint density at radius 3 is 2.65 bits per heavy atom. The Balaban J connectivity index is 2.40. The largest absolute Gasteiger partial charge is 0.328 e. The van der Waals surface area contributed by atoms with Crippen LogP contribution in [-0.4, -0.2) is 12.0 Å². The number of benzene rings is 1. The van der Waals surface area contributed by atoms with Crippen molar-refractivity contribution in [3.63, 3.8) is 0 Å². The maximum Gasteiger partial charge on any atom is 0.147 e. The second-order valence-electron chi connectivity index (χ2n) is 3.50. The minimum atomic E-state index is -0.261. The number of hydrogen-bond donors (Lipinski definition) is 0. The summed E-state index contributed by atoms with van der Waals surface area (Å²) in [4.78, 5) is 6.11. The minimum Gasteiger partial charge on any atom is -0.328 e. The highest BCUT2D eigenvalue weighted by Crippen LogP contribution is 2.30. The van der Waals surface area contributed by atoms with Gasteiger partial charge in [-0.05, 0) is 56.1 Å². The van der Waals surface area contributed by atoms with Crippen LogP contribution in [-0.2, 0) is 0 Å². The van der Waals surface area contributed by atoms with Crippen LogP contribution in [0.3, 0.4) is 0 Å². The lowest BCUT2D eigenvalue weighted by Gasteiger charge is -2.19. The standard InChI is InChI=1S/C12H9Br2FN2/c1-17(10-4-2-3-9(15)6-10)12-11(14)5-8(13)7-16-12/h2-7H,1H3. The van der Waals surface area contributed by atoms with Crippen LogP contribution >= 0.6 is 31.9 Å². The normalized spacial score (nSPS) is 10.4. The number of aromatic nitrogens is 1. The smallest absolute Gasteiger partial charge is 0.147 e. The fraction of sp³-hybridized carbons (Fsp3) is 0.0833. The molecule has 0 atom stereocenters. The molecule has 0 saturated heterocycles. The summed E-state index contributed by atoms with van der Waals surface area (Å²) in [5.41, 5.74) is 0.750. The molecule has 88 valence electrons. The molecule has 0 spiro atoms. The summed E-state index contributed by atoms with van der Waals surface area (Å²) in [5, 5.41) is 0. The summed E-state index contributed by atoms with van der Waals surface area (Å²) >= 11 is 6.78. The Labute approximate surface area is 116 Å². The van der Waals surface area contributed by atoms with Crippen molar-refractivity contribution in [3.05, 3.63) is 51.3 Å². The molecule has 2 nitrogen and oxygen atoms in total. The summed E-state index contributed by atoms with van der Waals surface area (Å²) in [6, 6.07) is 8.29. The molecular formula is C12H9Br2FN2. The van der Waals surface area contributed by atoms with E-state index in [-0.39, 0.29) is 5.82 Å². The fourth-order valence-corrected chi connectivity index (χ4v) is 2.71. The Morgan fingerprint density at radius 2 is 2.00 bits per heavy atom. The van der Waals surface area contributed by atoms with Crippen molar-refractivity contribution in [2.75, 3.05) is 11.9 Å². The Kier molecular flexibility index (Phi) is 3.79. The van der Waals surface area contributed by atoms with E-state index in [4.69, 9.17) is 0 Å². The van der Waals surface area contributed by atoms with E-state index in [1.54, 1.807) is 12.3 Å². The first-order valence-electron chi connectivity index (χ1n) is 4.88. The predicted molar refractivity (Wildman–Crippen MR) is 74.1 cm³/mol. The maximum atomic E-state index is 13.1. The van der Waals surface area contributed by atoms with E-state index in [0.29, 0.717) is 0 Å². The van der Waals surface area contributed by atoms with Crippen LogP contribution in [0.25, 0.3) is 0 Å². The van der Waals surface area contributed by atoms with Crippen molar-refractivity contribution in [1.82, 2.24) is 4.98 Å². The topological polar surface area (TPSA) is 16.1 Å². The van der Waals surface area contributed by atoms with Crippen LogP contribution in [0.1, 0.15) is 0 Å². The highest BCUT2D eigenvalue weighted by molar-refractivity contribution is 9.11. The SMILES string of the molecule is CN(c1cccc(F)c1)c1ncc(Br)cc1Br. The number of anilines is 2. The van der Waals surface area contributed by atoms with Crippen LogP contribution in [0, 0.1) is 5.82 Å². The monoisotopic (exact) mass is 358 g/mol. The number of pyridine rings is 1. The van der Waals surface area contributed by atoms with Crippen LogP contribution in [0.15, 0.2) is 45.5 Å². The number of rotatable bonds is 2. The first-order valence-corrected chi connectivity index (χ1v) is 6.47. The van der Waals surface area contributed by atoms with Gasteiger partial charge in [0.15, 0.2) is 0 Å². The molecule has 0 bridgehead atoms. The molecule has 1 aromatic heterocycles. The molecule has 1 heterocycles. The zero-order chi connectivity index (χ0) is 12.4. The van der Waals surface area contributed by atoms with Gasteiger partial charge in [-0.25, -0.2) is 9.37 Å². The van der Waals surface area contributed by atoms with E-state index in [9.17, 15) is 4.39 Å². The molecule has 0 N–H and O–H groups in total. The average Bonchev–Trinajstić information content (AvgIpc) is 2.28. The third kappa shape index (κ3) is 2.84. The van der Waals surface area contributed by atoms with Crippen LogP contribution in [0.5, 0.6) is 0 Å². The van der Waals surface area contributed by atoms with Gasteiger partial charge in [-0.3, -0.25) is 0 Å². The van der Waals surface area contributed by atoms with Crippen molar-refractivity contribution in [1.29, 1.82) is 0 Å². The molecule has 0 saturated carbocycles. The number of halogens is 3. The molecule has 5 heteroatoms. The van der Waals surface area contributed by atoms with Gasteiger partial charge >= 0.3 is 0 Å². The van der Waals surface area contributed by atoms with Gasteiger partial charge < -0.3 is 4.90 Å². The van der Waals surface area contributed by atoms with Gasteiger partial charge in [-0.15, -0.1) is 0 Å². The third-order valence-electron chi connectivity index (χ3n) is 2.30. The summed E-state index contributed by atoms with van der Waals surface area (Å²) in [7, 11) is 1.84. The van der Waals surface area contributed by atoms with E-state index in [1.165, 1.54) is 12.1 Å². The highest BCUT2D eigenvalue weighted by atomic mass is 79.9. The lowest BCUT2D eigenvalue weighted by atomic mass is 10.3. The summed E-state index contributed by atoms with van der Waals surface area (Å²) < 4.78 is 14.9. The molecule has 0 unspecified atom stereocenters. The lowest BCUT2D eigenvalue weighted by Crippen LogP contribution is -2.11. The first-order chi connectivity index (χ1) is 8.08. The molecule has 2 aromatic rings. The van der Waals surface area contributed by atoms with Crippen molar-refractivity contribution in [3.8, 4) is 0 Å². The quantitative estimate of drug-likeness (QED) is 0.784. The number of nitrogens with zero attached hydrogens (tertiary/aromatic N) is 2. The average molecular weight is 360 g/mol. The molecule has 0 aliphatic heterocycles. The molecule has 0 radical (unpaired) electrons. The summed E-state index contributed by atoms with van der Waals surface area (Å²) in [6.45, 7) is 0. The zero-order valence-corrected chi connectivity index (χ0v) is 12.2. The number of hydrogen-bond acceptors (Lipinski definition) is 2. The molecule has 0 aliphatic rings. The van der Waals surface area contributed by atoms with Gasteiger partial charge in [0.25, 0.3) is 0 Å². The van der Waals surface area contributed by atoms with Gasteiger partial charge in [-0.1, -0.05) is 6.07 Å². The van der Waals surface area contributed by atoms with Gasteiger partial charge in [0, 0.05) is 23.4 Å². The van der Waals surface area contributed by atoms with E-state index in [2.05, 4.69) is 36.8 Å². The van der Waals surface area contributed by atoms with Crippen molar-refractivity contribution >= 4 is 43.4 Å². The second kappa shape index (κ2) is 5.14. The van der Waals surface area contributed by atoms with Crippen molar-refractivity contribution in [2.24, 2.45) is 0 Å². The summed E-state index contributed by atoms with van der Waals surface area (Å²) in [5.74, 6) is 0.474. The van der Waals surface area contributed by atoms with E-state index >= 15 is 0 Å². The molecule has 0 fully saturated rings. The van der Waals surface area contributed by atoms with Crippen LogP contribution < -0.4 is 4.90 Å². The lowest BCUT2D eigenvalue weighted by molar-refractivity contribution is 0.628. The van der Waals surface area contributed by atoms with Crippen molar-refractivity contribution in [2.45, 2.75) is 0 Å². The molecule has 17 heavy (non-hydrogen) atoms. The minimum absolute atomic E-state index is 0.261. The maximum absolute atomic E-state index is 13.1. The van der Waals surface area contributed by atoms with Gasteiger partial charge in [0.1, 0.15) is 11.6 Å². The Hall–Kier alpha value is -0.940. The van der Waals surface area contributed by atoms with E-state index in [1.807, 2.05) is 24.1 Å². The van der Waals surface area contributed by atoms with Crippen LogP contribution in [0.2, 0.25) is 0 Å². The first kappa shape index (κ1) is 12.5.